The predicted octanol–water partition coefficient (Wildman–Crippen LogP) is 0.0635. The van der Waals surface area contributed by atoms with Crippen LogP contribution in [0, 0.1) is 5.41 Å². The molecule has 1 rings (SSSR count). The number of hydrogen-bond acceptors (Lipinski definition) is 4. The summed E-state index contributed by atoms with van der Waals surface area (Å²) in [5, 5.41) is 9.34. The number of nitrogens with two attached hydrogens (primary N) is 1. The van der Waals surface area contributed by atoms with Gasteiger partial charge in [-0.05, 0) is 19.3 Å². The van der Waals surface area contributed by atoms with Gasteiger partial charge in [0.05, 0.1) is 12.0 Å². The number of aliphatic carboxylic acids is 1. The Hall–Kier alpha value is -1.14. The van der Waals surface area contributed by atoms with Gasteiger partial charge in [-0.25, -0.2) is 0 Å². The number of methoxy groups -OCH3 is 1. The molecule has 1 saturated heterocycles. The zero-order chi connectivity index (χ0) is 13.8. The SMILES string of the molecule is CCC1(C(=O)O)CCCN(C(=O)C(N)COC)C1. The molecule has 2 unspecified atom stereocenters. The average molecular weight is 258 g/mol. The lowest BCUT2D eigenvalue weighted by Gasteiger charge is -2.40. The minimum absolute atomic E-state index is 0.154. The van der Waals surface area contributed by atoms with Crippen molar-refractivity contribution < 1.29 is 19.4 Å². The summed E-state index contributed by atoms with van der Waals surface area (Å²) in [6.07, 6.45) is 1.83. The topological polar surface area (TPSA) is 92.9 Å². The van der Waals surface area contributed by atoms with Crippen molar-refractivity contribution in [3.63, 3.8) is 0 Å². The zero-order valence-electron chi connectivity index (χ0n) is 11.0. The van der Waals surface area contributed by atoms with Crippen molar-refractivity contribution >= 4 is 11.9 Å². The van der Waals surface area contributed by atoms with Crippen LogP contribution in [0.3, 0.4) is 0 Å². The largest absolute Gasteiger partial charge is 0.481 e. The molecule has 0 aromatic carbocycles. The Morgan fingerprint density at radius 2 is 2.22 bits per heavy atom. The fourth-order valence-electron chi connectivity index (χ4n) is 2.42. The highest BCUT2D eigenvalue weighted by molar-refractivity contribution is 5.83. The van der Waals surface area contributed by atoms with Crippen LogP contribution in [0.25, 0.3) is 0 Å². The summed E-state index contributed by atoms with van der Waals surface area (Å²) in [4.78, 5) is 25.0. The Kier molecular flexibility index (Phi) is 5.10. The van der Waals surface area contributed by atoms with E-state index in [1.54, 1.807) is 4.90 Å². The van der Waals surface area contributed by atoms with Crippen LogP contribution in [0.4, 0.5) is 0 Å². The molecule has 6 nitrogen and oxygen atoms in total. The molecule has 0 aromatic rings. The second kappa shape index (κ2) is 6.15. The number of rotatable bonds is 5. The number of amides is 1. The third-order valence-corrected chi connectivity index (χ3v) is 3.68. The van der Waals surface area contributed by atoms with Gasteiger partial charge in [0, 0.05) is 20.2 Å². The van der Waals surface area contributed by atoms with Crippen LogP contribution < -0.4 is 5.73 Å². The number of ether oxygens (including phenoxy) is 1. The van der Waals surface area contributed by atoms with E-state index in [-0.39, 0.29) is 19.1 Å². The van der Waals surface area contributed by atoms with Crippen molar-refractivity contribution in [2.24, 2.45) is 11.1 Å². The van der Waals surface area contributed by atoms with Gasteiger partial charge in [-0.3, -0.25) is 9.59 Å². The Morgan fingerprint density at radius 1 is 1.56 bits per heavy atom. The predicted molar refractivity (Wildman–Crippen MR) is 66.0 cm³/mol. The van der Waals surface area contributed by atoms with Gasteiger partial charge in [0.15, 0.2) is 0 Å². The van der Waals surface area contributed by atoms with Crippen LogP contribution >= 0.6 is 0 Å². The monoisotopic (exact) mass is 258 g/mol. The molecule has 1 aliphatic heterocycles. The molecule has 0 bridgehead atoms. The Labute approximate surface area is 107 Å². The summed E-state index contributed by atoms with van der Waals surface area (Å²) in [5.41, 5.74) is 4.88. The molecule has 2 atom stereocenters. The smallest absolute Gasteiger partial charge is 0.311 e. The molecule has 1 aliphatic rings. The Balaban J connectivity index is 2.74. The van der Waals surface area contributed by atoms with Crippen LogP contribution in [0.1, 0.15) is 26.2 Å². The van der Waals surface area contributed by atoms with Crippen molar-refractivity contribution in [2.75, 3.05) is 26.8 Å². The fraction of sp³-hybridized carbons (Fsp3) is 0.833. The molecule has 0 spiro atoms. The molecule has 0 aromatic heterocycles. The lowest BCUT2D eigenvalue weighted by molar-refractivity contribution is -0.155. The highest BCUT2D eigenvalue weighted by Gasteiger charge is 2.42. The first-order chi connectivity index (χ1) is 8.46. The highest BCUT2D eigenvalue weighted by Crippen LogP contribution is 2.33. The first-order valence-corrected chi connectivity index (χ1v) is 6.23. The first-order valence-electron chi connectivity index (χ1n) is 6.23. The van der Waals surface area contributed by atoms with Crippen molar-refractivity contribution in [3.8, 4) is 0 Å². The maximum absolute atomic E-state index is 12.0. The molecule has 6 heteroatoms. The maximum Gasteiger partial charge on any atom is 0.311 e. The molecule has 1 heterocycles. The number of likely N-dealkylation sites (tertiary alicyclic amines) is 1. The van der Waals surface area contributed by atoms with E-state index in [2.05, 4.69) is 0 Å². The molecule has 3 N–H and O–H groups in total. The first kappa shape index (κ1) is 14.9. The fourth-order valence-corrected chi connectivity index (χ4v) is 2.42. The van der Waals surface area contributed by atoms with E-state index >= 15 is 0 Å². The average Bonchev–Trinajstić information content (AvgIpc) is 2.37. The molecular formula is C12H22N2O4. The summed E-state index contributed by atoms with van der Waals surface area (Å²) in [6.45, 7) is 2.82. The van der Waals surface area contributed by atoms with Crippen molar-refractivity contribution in [2.45, 2.75) is 32.2 Å². The van der Waals surface area contributed by atoms with Crippen LogP contribution in [0.15, 0.2) is 0 Å². The van der Waals surface area contributed by atoms with Gasteiger partial charge >= 0.3 is 5.97 Å². The van der Waals surface area contributed by atoms with Gasteiger partial charge in [0.2, 0.25) is 5.91 Å². The number of carboxylic acids is 1. The van der Waals surface area contributed by atoms with E-state index in [0.717, 1.165) is 0 Å². The lowest BCUT2D eigenvalue weighted by Crippen LogP contribution is -2.54. The third-order valence-electron chi connectivity index (χ3n) is 3.68. The Morgan fingerprint density at radius 3 is 2.72 bits per heavy atom. The van der Waals surface area contributed by atoms with Gasteiger partial charge in [0.25, 0.3) is 0 Å². The summed E-state index contributed by atoms with van der Waals surface area (Å²) in [7, 11) is 1.48. The molecule has 1 amide bonds. The molecule has 104 valence electrons. The zero-order valence-corrected chi connectivity index (χ0v) is 11.0. The van der Waals surface area contributed by atoms with E-state index in [4.69, 9.17) is 10.5 Å². The third kappa shape index (κ3) is 3.00. The van der Waals surface area contributed by atoms with E-state index in [9.17, 15) is 14.7 Å². The van der Waals surface area contributed by atoms with Crippen LogP contribution in [-0.4, -0.2) is 54.7 Å². The standard InChI is InChI=1S/C12H22N2O4/c1-3-12(11(16)17)5-4-6-14(8-12)10(15)9(13)7-18-2/h9H,3-8,13H2,1-2H3,(H,16,17). The number of hydrogen-bond donors (Lipinski definition) is 2. The van der Waals surface area contributed by atoms with Crippen molar-refractivity contribution in [1.29, 1.82) is 0 Å². The van der Waals surface area contributed by atoms with E-state index in [0.29, 0.717) is 25.8 Å². The molecule has 0 saturated carbocycles. The van der Waals surface area contributed by atoms with Gasteiger partial charge in [-0.1, -0.05) is 6.92 Å². The molecule has 0 aliphatic carbocycles. The lowest BCUT2D eigenvalue weighted by atomic mass is 9.77. The second-order valence-electron chi connectivity index (χ2n) is 4.86. The number of carbonyl (C=O) groups is 2. The van der Waals surface area contributed by atoms with Crippen LogP contribution in [-0.2, 0) is 14.3 Å². The van der Waals surface area contributed by atoms with Crippen molar-refractivity contribution in [3.05, 3.63) is 0 Å². The normalized spacial score (nSPS) is 25.8. The molecule has 1 fully saturated rings. The summed E-state index contributed by atoms with van der Waals surface area (Å²) >= 11 is 0. The number of carbonyl (C=O) groups excluding carboxylic acids is 1. The number of piperidine rings is 1. The summed E-state index contributed by atoms with van der Waals surface area (Å²) in [6, 6.07) is -0.712. The molecule has 0 radical (unpaired) electrons. The molecule has 18 heavy (non-hydrogen) atoms. The second-order valence-corrected chi connectivity index (χ2v) is 4.86. The molecular weight excluding hydrogens is 236 g/mol. The Bertz CT molecular complexity index is 321. The van der Waals surface area contributed by atoms with Crippen LogP contribution in [0.5, 0.6) is 0 Å². The van der Waals surface area contributed by atoms with E-state index in [1.807, 2.05) is 6.92 Å². The maximum atomic E-state index is 12.0. The van der Waals surface area contributed by atoms with Gasteiger partial charge in [-0.15, -0.1) is 0 Å². The van der Waals surface area contributed by atoms with E-state index in [1.165, 1.54) is 7.11 Å². The van der Waals surface area contributed by atoms with Crippen LogP contribution in [0.2, 0.25) is 0 Å². The van der Waals surface area contributed by atoms with Crippen molar-refractivity contribution in [1.82, 2.24) is 4.90 Å². The number of nitrogens with zero attached hydrogens (tertiary/aromatic N) is 1. The minimum Gasteiger partial charge on any atom is -0.481 e. The summed E-state index contributed by atoms with van der Waals surface area (Å²) in [5.74, 6) is -1.06. The van der Waals surface area contributed by atoms with Gasteiger partial charge in [-0.2, -0.15) is 0 Å². The quantitative estimate of drug-likeness (QED) is 0.727. The van der Waals surface area contributed by atoms with E-state index < -0.39 is 17.4 Å². The van der Waals surface area contributed by atoms with Gasteiger partial charge in [0.1, 0.15) is 6.04 Å². The van der Waals surface area contributed by atoms with Gasteiger partial charge < -0.3 is 20.5 Å². The minimum atomic E-state index is -0.831. The highest BCUT2D eigenvalue weighted by atomic mass is 16.5. The summed E-state index contributed by atoms with van der Waals surface area (Å²) < 4.78 is 4.85. The number of carboxylic acid groups (broad SMARTS) is 1.